The first-order valence-corrected chi connectivity index (χ1v) is 7.44. The smallest absolute Gasteiger partial charge is 0.304 e. The summed E-state index contributed by atoms with van der Waals surface area (Å²) in [7, 11) is 0. The minimum Gasteiger partial charge on any atom is -0.481 e. The number of hydrogen-bond donors (Lipinski definition) is 1. The fourth-order valence-corrected chi connectivity index (χ4v) is 2.60. The molecule has 0 atom stereocenters. The van der Waals surface area contributed by atoms with Crippen LogP contribution in [0.4, 0.5) is 0 Å². The Bertz CT molecular complexity index is 701. The lowest BCUT2D eigenvalue weighted by atomic mass is 10.1. The molecule has 0 radical (unpaired) electrons. The molecule has 8 heteroatoms. The van der Waals surface area contributed by atoms with E-state index >= 15 is 0 Å². The molecular weight excluding hydrogens is 292 g/mol. The molecule has 0 aromatic carbocycles. The summed E-state index contributed by atoms with van der Waals surface area (Å²) < 4.78 is 1.26. The summed E-state index contributed by atoms with van der Waals surface area (Å²) in [4.78, 5) is 29.6. The van der Waals surface area contributed by atoms with Gasteiger partial charge in [0.1, 0.15) is 5.51 Å². The molecule has 2 aromatic heterocycles. The Kier molecular flexibility index (Phi) is 4.38. The van der Waals surface area contributed by atoms with Crippen LogP contribution in [-0.2, 0) is 11.3 Å². The standard InChI is InChI=1S/C13H18N4O3S/c1-13(2,3)16(5-4-11(19)20)7-9-6-10(18)17-12(15-9)21-8-14-17/h6,8H,4-5,7H2,1-3H3,(H,19,20). The van der Waals surface area contributed by atoms with E-state index in [0.717, 1.165) is 0 Å². The van der Waals surface area contributed by atoms with Crippen LogP contribution in [-0.4, -0.2) is 42.7 Å². The highest BCUT2D eigenvalue weighted by Crippen LogP contribution is 2.17. The van der Waals surface area contributed by atoms with Crippen molar-refractivity contribution >= 4 is 22.3 Å². The van der Waals surface area contributed by atoms with E-state index in [-0.39, 0.29) is 17.5 Å². The molecule has 0 amide bonds. The lowest BCUT2D eigenvalue weighted by Gasteiger charge is -2.35. The van der Waals surface area contributed by atoms with E-state index in [1.54, 1.807) is 5.51 Å². The summed E-state index contributed by atoms with van der Waals surface area (Å²) in [5, 5.41) is 12.8. The van der Waals surface area contributed by atoms with Crippen molar-refractivity contribution in [2.24, 2.45) is 0 Å². The number of carboxylic acids is 1. The minimum atomic E-state index is -0.838. The third kappa shape index (κ3) is 3.85. The van der Waals surface area contributed by atoms with E-state index < -0.39 is 5.97 Å². The van der Waals surface area contributed by atoms with Crippen LogP contribution in [0.15, 0.2) is 16.4 Å². The molecule has 0 aliphatic carbocycles. The normalized spacial score (nSPS) is 12.2. The van der Waals surface area contributed by atoms with Crippen LogP contribution in [0.3, 0.4) is 0 Å². The zero-order valence-corrected chi connectivity index (χ0v) is 13.1. The second-order valence-electron chi connectivity index (χ2n) is 5.75. The molecule has 0 saturated carbocycles. The Hall–Kier alpha value is -1.80. The number of fused-ring (bicyclic) bond motifs is 1. The first kappa shape index (κ1) is 15.6. The SMILES string of the molecule is CC(C)(C)N(CCC(=O)O)Cc1cc(=O)n2ncsc2n1. The number of aromatic nitrogens is 3. The van der Waals surface area contributed by atoms with Crippen LogP contribution in [0.5, 0.6) is 0 Å². The van der Waals surface area contributed by atoms with Crippen molar-refractivity contribution in [2.45, 2.75) is 39.3 Å². The van der Waals surface area contributed by atoms with Crippen LogP contribution in [0.1, 0.15) is 32.9 Å². The van der Waals surface area contributed by atoms with Crippen molar-refractivity contribution in [1.82, 2.24) is 19.5 Å². The number of carboxylic acid groups (broad SMARTS) is 1. The lowest BCUT2D eigenvalue weighted by Crippen LogP contribution is -2.42. The Balaban J connectivity index is 2.25. The quantitative estimate of drug-likeness (QED) is 0.893. The Morgan fingerprint density at radius 3 is 2.81 bits per heavy atom. The van der Waals surface area contributed by atoms with Crippen LogP contribution in [0, 0.1) is 0 Å². The second-order valence-corrected chi connectivity index (χ2v) is 6.57. The van der Waals surface area contributed by atoms with Gasteiger partial charge in [0.25, 0.3) is 5.56 Å². The predicted octanol–water partition coefficient (Wildman–Crippen LogP) is 1.23. The van der Waals surface area contributed by atoms with E-state index in [1.165, 1.54) is 21.9 Å². The molecule has 2 rings (SSSR count). The fraction of sp³-hybridized carbons (Fsp3) is 0.538. The molecule has 0 unspecified atom stereocenters. The highest BCUT2D eigenvalue weighted by atomic mass is 32.1. The van der Waals surface area contributed by atoms with Crippen molar-refractivity contribution in [1.29, 1.82) is 0 Å². The fourth-order valence-electron chi connectivity index (χ4n) is 1.96. The van der Waals surface area contributed by atoms with E-state index in [0.29, 0.717) is 23.7 Å². The highest BCUT2D eigenvalue weighted by molar-refractivity contribution is 7.14. The Morgan fingerprint density at radius 2 is 2.19 bits per heavy atom. The molecule has 2 aromatic rings. The maximum atomic E-state index is 11.9. The van der Waals surface area contributed by atoms with Gasteiger partial charge in [-0.3, -0.25) is 14.5 Å². The van der Waals surface area contributed by atoms with Crippen molar-refractivity contribution in [3.8, 4) is 0 Å². The molecule has 0 bridgehead atoms. The highest BCUT2D eigenvalue weighted by Gasteiger charge is 2.23. The van der Waals surface area contributed by atoms with Crippen LogP contribution < -0.4 is 5.56 Å². The third-order valence-electron chi connectivity index (χ3n) is 3.14. The topological polar surface area (TPSA) is 87.8 Å². The monoisotopic (exact) mass is 310 g/mol. The van der Waals surface area contributed by atoms with E-state index in [2.05, 4.69) is 10.1 Å². The molecule has 0 saturated heterocycles. The first-order valence-electron chi connectivity index (χ1n) is 6.56. The average molecular weight is 310 g/mol. The van der Waals surface area contributed by atoms with Gasteiger partial charge >= 0.3 is 5.97 Å². The Morgan fingerprint density at radius 1 is 1.48 bits per heavy atom. The van der Waals surface area contributed by atoms with Gasteiger partial charge < -0.3 is 5.11 Å². The molecule has 0 aliphatic heterocycles. The number of aliphatic carboxylic acids is 1. The molecule has 0 spiro atoms. The summed E-state index contributed by atoms with van der Waals surface area (Å²) in [6, 6.07) is 1.45. The maximum Gasteiger partial charge on any atom is 0.304 e. The van der Waals surface area contributed by atoms with Crippen molar-refractivity contribution in [3.05, 3.63) is 27.6 Å². The van der Waals surface area contributed by atoms with Crippen molar-refractivity contribution in [3.63, 3.8) is 0 Å². The lowest BCUT2D eigenvalue weighted by molar-refractivity contribution is -0.137. The Labute approximate surface area is 125 Å². The summed E-state index contributed by atoms with van der Waals surface area (Å²) in [5.74, 6) is -0.838. The molecule has 7 nitrogen and oxygen atoms in total. The molecule has 114 valence electrons. The minimum absolute atomic E-state index is 0.0546. The molecular formula is C13H18N4O3S. The number of hydrogen-bond acceptors (Lipinski definition) is 6. The van der Waals surface area contributed by atoms with Gasteiger partial charge in [0.05, 0.1) is 12.1 Å². The average Bonchev–Trinajstić information content (AvgIpc) is 2.81. The van der Waals surface area contributed by atoms with Gasteiger partial charge in [-0.05, 0) is 20.8 Å². The number of rotatable bonds is 5. The van der Waals surface area contributed by atoms with E-state index in [4.69, 9.17) is 5.11 Å². The van der Waals surface area contributed by atoms with Crippen LogP contribution in [0.2, 0.25) is 0 Å². The van der Waals surface area contributed by atoms with Gasteiger partial charge in [-0.1, -0.05) is 11.3 Å². The second kappa shape index (κ2) is 5.90. The molecule has 21 heavy (non-hydrogen) atoms. The summed E-state index contributed by atoms with van der Waals surface area (Å²) in [5.41, 5.74) is 1.77. The van der Waals surface area contributed by atoms with Gasteiger partial charge in [0.15, 0.2) is 0 Å². The summed E-state index contributed by atoms with van der Waals surface area (Å²) >= 11 is 1.30. The van der Waals surface area contributed by atoms with E-state index in [1.807, 2.05) is 25.7 Å². The van der Waals surface area contributed by atoms with E-state index in [9.17, 15) is 9.59 Å². The molecule has 0 aliphatic rings. The van der Waals surface area contributed by atoms with Crippen LogP contribution in [0.25, 0.3) is 4.96 Å². The maximum absolute atomic E-state index is 11.9. The largest absolute Gasteiger partial charge is 0.481 e. The number of nitrogens with zero attached hydrogens (tertiary/aromatic N) is 4. The predicted molar refractivity (Wildman–Crippen MR) is 79.5 cm³/mol. The van der Waals surface area contributed by atoms with Crippen molar-refractivity contribution in [2.75, 3.05) is 6.54 Å². The van der Waals surface area contributed by atoms with Gasteiger partial charge in [0.2, 0.25) is 4.96 Å². The molecule has 0 fully saturated rings. The van der Waals surface area contributed by atoms with Gasteiger partial charge in [-0.25, -0.2) is 4.98 Å². The molecule has 2 heterocycles. The van der Waals surface area contributed by atoms with Gasteiger partial charge in [-0.15, -0.1) is 0 Å². The zero-order chi connectivity index (χ0) is 15.6. The van der Waals surface area contributed by atoms with Crippen LogP contribution >= 0.6 is 11.3 Å². The molecule has 1 N–H and O–H groups in total. The van der Waals surface area contributed by atoms with Gasteiger partial charge in [0, 0.05) is 24.7 Å². The zero-order valence-electron chi connectivity index (χ0n) is 12.2. The van der Waals surface area contributed by atoms with Gasteiger partial charge in [-0.2, -0.15) is 9.61 Å². The van der Waals surface area contributed by atoms with Crippen molar-refractivity contribution < 1.29 is 9.90 Å². The summed E-state index contributed by atoms with van der Waals surface area (Å²) in [6.07, 6.45) is 0.0546. The summed E-state index contributed by atoms with van der Waals surface area (Å²) in [6.45, 7) is 6.86. The third-order valence-corrected chi connectivity index (χ3v) is 3.81. The first-order chi connectivity index (χ1) is 9.77. The number of carbonyl (C=O) groups is 1.